The molecule has 3 aliphatic heterocycles. The zero-order valence-electron chi connectivity index (χ0n) is 33.8. The van der Waals surface area contributed by atoms with Gasteiger partial charge in [-0.15, -0.1) is 6.58 Å². The Hall–Kier alpha value is -1.51. The van der Waals surface area contributed by atoms with Crippen molar-refractivity contribution in [2.75, 3.05) is 26.3 Å². The number of carbonyl (C=O) groups excluding carboxylic acids is 1. The molecule has 1 saturated carbocycles. The molecular formula is C40H68N2O6SSi2. The largest absolute Gasteiger partial charge is 0.441 e. The number of cyclic esters (lactones) is 1. The van der Waals surface area contributed by atoms with E-state index in [1.807, 2.05) is 34.3 Å². The Balaban J connectivity index is 1.74. The Morgan fingerprint density at radius 2 is 1.65 bits per heavy atom. The molecule has 6 atom stereocenters. The molecule has 4 aliphatic rings. The molecule has 1 aromatic rings. The first-order valence-electron chi connectivity index (χ1n) is 19.6. The van der Waals surface area contributed by atoms with E-state index in [4.69, 9.17) is 13.6 Å². The lowest BCUT2D eigenvalue weighted by Crippen LogP contribution is -2.77. The van der Waals surface area contributed by atoms with Gasteiger partial charge in [-0.1, -0.05) is 86.1 Å². The summed E-state index contributed by atoms with van der Waals surface area (Å²) in [6.07, 6.45) is 5.04. The number of hydrogen-bond acceptors (Lipinski definition) is 6. The van der Waals surface area contributed by atoms with Crippen molar-refractivity contribution >= 4 is 32.8 Å². The van der Waals surface area contributed by atoms with E-state index < -0.39 is 49.8 Å². The average molecular weight is 761 g/mol. The van der Waals surface area contributed by atoms with Crippen molar-refractivity contribution in [2.24, 2.45) is 17.3 Å². The molecule has 1 spiro atoms. The van der Waals surface area contributed by atoms with Gasteiger partial charge in [-0.05, 0) is 97.8 Å². The lowest BCUT2D eigenvalue weighted by molar-refractivity contribution is -0.134. The molecule has 0 unspecified atom stereocenters. The number of unbranched alkanes of at least 4 members (excludes halogenated alkanes) is 1. The van der Waals surface area contributed by atoms with Gasteiger partial charge < -0.3 is 13.6 Å². The van der Waals surface area contributed by atoms with E-state index in [0.717, 1.165) is 31.2 Å². The van der Waals surface area contributed by atoms with Gasteiger partial charge in [0.2, 0.25) is 10.0 Å². The fourth-order valence-corrected chi connectivity index (χ4v) is 19.2. The quantitative estimate of drug-likeness (QED) is 0.101. The summed E-state index contributed by atoms with van der Waals surface area (Å²) >= 11 is 0. The van der Waals surface area contributed by atoms with Crippen LogP contribution in [-0.4, -0.2) is 84.3 Å². The molecule has 1 aliphatic carbocycles. The standard InChI is InChI=1S/C40H68N2O6SSi2/c1-14-15-16-22-39(27-47-51(28(2)3,29(4)5)30(6)7)24-32-25-41-37(43)48-35(26-46-50(12,13)38(9,10)11)40(41)34(32)21-23-42(36(39)40)49(44,45)33-19-17-31(8)18-20-33/h14,17-20,28-30,32,34-36H,1,15-16,21-27H2,2-13H3/t32-,34-,35+,36-,39-,40+/m0/s1. The van der Waals surface area contributed by atoms with E-state index in [1.54, 1.807) is 12.1 Å². The molecule has 11 heteroatoms. The highest BCUT2D eigenvalue weighted by molar-refractivity contribution is 7.89. The highest BCUT2D eigenvalue weighted by Gasteiger charge is 2.78. The minimum atomic E-state index is -3.97. The van der Waals surface area contributed by atoms with Crippen molar-refractivity contribution in [3.8, 4) is 0 Å². The molecule has 1 amide bonds. The SMILES string of the molecule is C=CCCC[C@@]1(CO[Si](C(C)C)(C(C)C)C(C)C)C[C@H]2CN3C(=O)O[C@H](CO[Si](C)(C)C(C)(C)C)[C@@]34[C@H]2CCN(S(=O)(=O)c2ccc(C)cc2)[C@@H]14. The molecule has 0 N–H and O–H groups in total. The van der Waals surface area contributed by atoms with Gasteiger partial charge in [-0.25, -0.2) is 13.2 Å². The highest BCUT2D eigenvalue weighted by atomic mass is 32.2. The molecule has 5 rings (SSSR count). The van der Waals surface area contributed by atoms with E-state index in [1.165, 1.54) is 0 Å². The molecule has 51 heavy (non-hydrogen) atoms. The molecule has 3 saturated heterocycles. The number of carbonyl (C=O) groups is 1. The second-order valence-corrected chi connectivity index (χ2v) is 30.9. The van der Waals surface area contributed by atoms with Gasteiger partial charge in [0.15, 0.2) is 22.7 Å². The molecule has 3 heterocycles. The van der Waals surface area contributed by atoms with E-state index in [0.29, 0.717) is 47.6 Å². The molecule has 0 radical (unpaired) electrons. The molecule has 288 valence electrons. The van der Waals surface area contributed by atoms with Crippen LogP contribution in [0.2, 0.25) is 34.8 Å². The number of allylic oxidation sites excluding steroid dienone is 1. The van der Waals surface area contributed by atoms with Crippen LogP contribution in [0.5, 0.6) is 0 Å². The summed E-state index contributed by atoms with van der Waals surface area (Å²) in [4.78, 5) is 16.4. The zero-order chi connectivity index (χ0) is 37.9. The first kappa shape index (κ1) is 40.7. The molecular weight excluding hydrogens is 693 g/mol. The summed E-state index contributed by atoms with van der Waals surface area (Å²) in [5.41, 5.74) is 0.755. The number of hydrogen-bond donors (Lipinski definition) is 0. The Bertz CT molecular complexity index is 1520. The first-order chi connectivity index (χ1) is 23.6. The van der Waals surface area contributed by atoms with E-state index >= 15 is 8.42 Å². The Kier molecular flexibility index (Phi) is 11.4. The van der Waals surface area contributed by atoms with Crippen molar-refractivity contribution in [3.05, 3.63) is 42.5 Å². The van der Waals surface area contributed by atoms with E-state index in [2.05, 4.69) is 82.0 Å². The third-order valence-corrected chi connectivity index (χ3v) is 26.5. The highest BCUT2D eigenvalue weighted by Crippen LogP contribution is 2.66. The third-order valence-electron chi connectivity index (χ3n) is 14.1. The normalized spacial score (nSPS) is 30.0. The number of ether oxygens (including phenoxy) is 1. The number of rotatable bonds is 15. The summed E-state index contributed by atoms with van der Waals surface area (Å²) in [6, 6.07) is 6.71. The van der Waals surface area contributed by atoms with Crippen LogP contribution in [0.1, 0.15) is 100.0 Å². The number of nitrogens with zero attached hydrogens (tertiary/aromatic N) is 2. The summed E-state index contributed by atoms with van der Waals surface area (Å²) in [5.74, 6) is 0.343. The fraction of sp³-hybridized carbons (Fsp3) is 0.775. The van der Waals surface area contributed by atoms with Crippen LogP contribution < -0.4 is 0 Å². The second kappa shape index (κ2) is 14.3. The van der Waals surface area contributed by atoms with E-state index in [-0.39, 0.29) is 29.6 Å². The predicted octanol–water partition coefficient (Wildman–Crippen LogP) is 9.52. The topological polar surface area (TPSA) is 85.4 Å². The van der Waals surface area contributed by atoms with Crippen molar-refractivity contribution in [1.29, 1.82) is 0 Å². The number of benzene rings is 1. The van der Waals surface area contributed by atoms with Crippen LogP contribution in [0, 0.1) is 24.2 Å². The van der Waals surface area contributed by atoms with Gasteiger partial charge in [0, 0.05) is 25.1 Å². The Morgan fingerprint density at radius 3 is 2.20 bits per heavy atom. The van der Waals surface area contributed by atoms with Crippen LogP contribution in [0.3, 0.4) is 0 Å². The molecule has 8 nitrogen and oxygen atoms in total. The molecule has 4 fully saturated rings. The van der Waals surface area contributed by atoms with Gasteiger partial charge >= 0.3 is 6.09 Å². The number of aryl methyl sites for hydroxylation is 1. The van der Waals surface area contributed by atoms with Gasteiger partial charge in [0.1, 0.15) is 5.54 Å². The average Bonchev–Trinajstić information content (AvgIpc) is 3.43. The number of amides is 1. The summed E-state index contributed by atoms with van der Waals surface area (Å²) < 4.78 is 53.0. The fourth-order valence-electron chi connectivity index (χ4n) is 10.9. The zero-order valence-corrected chi connectivity index (χ0v) is 36.6. The third kappa shape index (κ3) is 6.55. The maximum atomic E-state index is 15.1. The molecule has 1 aromatic carbocycles. The minimum Gasteiger partial charge on any atom is -0.441 e. The smallest absolute Gasteiger partial charge is 0.410 e. The Morgan fingerprint density at radius 1 is 1.04 bits per heavy atom. The lowest BCUT2D eigenvalue weighted by atomic mass is 9.51. The Labute approximate surface area is 312 Å². The summed E-state index contributed by atoms with van der Waals surface area (Å²) in [5, 5.41) is -0.0325. The van der Waals surface area contributed by atoms with E-state index in [9.17, 15) is 4.79 Å². The van der Waals surface area contributed by atoms with Crippen molar-refractivity contribution < 1.29 is 26.8 Å². The lowest BCUT2D eigenvalue weighted by Gasteiger charge is -2.63. The van der Waals surface area contributed by atoms with Crippen LogP contribution >= 0.6 is 0 Å². The minimum absolute atomic E-state index is 0.0325. The van der Waals surface area contributed by atoms with Crippen molar-refractivity contribution in [2.45, 2.75) is 159 Å². The van der Waals surface area contributed by atoms with Crippen molar-refractivity contribution in [1.82, 2.24) is 9.21 Å². The van der Waals surface area contributed by atoms with Crippen LogP contribution in [0.25, 0.3) is 0 Å². The maximum Gasteiger partial charge on any atom is 0.410 e. The molecule has 0 aromatic heterocycles. The number of piperidine rings is 1. The van der Waals surface area contributed by atoms with Gasteiger partial charge in [-0.3, -0.25) is 4.90 Å². The van der Waals surface area contributed by atoms with Gasteiger partial charge in [0.05, 0.1) is 17.5 Å². The summed E-state index contributed by atoms with van der Waals surface area (Å²) in [6.45, 7) is 32.7. The van der Waals surface area contributed by atoms with Crippen LogP contribution in [0.15, 0.2) is 41.8 Å². The van der Waals surface area contributed by atoms with Gasteiger partial charge in [-0.2, -0.15) is 4.31 Å². The predicted molar refractivity (Wildman–Crippen MR) is 211 cm³/mol. The van der Waals surface area contributed by atoms with Crippen LogP contribution in [0.4, 0.5) is 4.79 Å². The first-order valence-corrected chi connectivity index (χ1v) is 26.1. The monoisotopic (exact) mass is 760 g/mol. The van der Waals surface area contributed by atoms with Crippen LogP contribution in [-0.2, 0) is 23.6 Å². The summed E-state index contributed by atoms with van der Waals surface area (Å²) in [7, 11) is -8.56. The molecule has 4 bridgehead atoms. The maximum absolute atomic E-state index is 15.1. The second-order valence-electron chi connectivity index (χ2n) is 18.8. The number of sulfonamides is 1. The van der Waals surface area contributed by atoms with Crippen molar-refractivity contribution in [3.63, 3.8) is 0 Å². The van der Waals surface area contributed by atoms with Gasteiger partial charge in [0.25, 0.3) is 0 Å².